The minimum Gasteiger partial charge on any atom is -0.454 e. The summed E-state index contributed by atoms with van der Waals surface area (Å²) in [5, 5.41) is 56.9. The summed E-state index contributed by atoms with van der Waals surface area (Å²) in [6, 6.07) is -1.03. The van der Waals surface area contributed by atoms with Crippen molar-refractivity contribution in [2.45, 2.75) is 301 Å². The maximum Gasteiger partial charge on any atom is 0.306 e. The highest BCUT2D eigenvalue weighted by molar-refractivity contribution is 5.80. The average Bonchev–Trinajstić information content (AvgIpc) is 3.40. The Morgan fingerprint density at radius 2 is 0.973 bits per heavy atom. The van der Waals surface area contributed by atoms with Crippen LogP contribution in [-0.2, 0) is 23.8 Å². The number of rotatable bonds is 50. The van der Waals surface area contributed by atoms with E-state index in [0.717, 1.165) is 109 Å². The van der Waals surface area contributed by atoms with Crippen LogP contribution < -0.4 is 5.32 Å². The minimum atomic E-state index is -1.62. The number of aliphatic hydroxyl groups excluding tert-OH is 5. The molecule has 0 aromatic rings. The lowest BCUT2D eigenvalue weighted by Crippen LogP contribution is -2.61. The van der Waals surface area contributed by atoms with Crippen LogP contribution in [0.3, 0.4) is 0 Å². The van der Waals surface area contributed by atoms with E-state index in [2.05, 4.69) is 86.8 Å². The average molecular weight is 1040 g/mol. The molecule has 1 amide bonds. The van der Waals surface area contributed by atoms with Crippen molar-refractivity contribution in [2.24, 2.45) is 0 Å². The number of aliphatic hydroxyl groups is 5. The molecule has 0 bridgehead atoms. The number of carbonyl (C=O) groups is 2. The summed E-state index contributed by atoms with van der Waals surface area (Å²) in [7, 11) is 0. The Hall–Kier alpha value is -2.90. The molecule has 1 fully saturated rings. The molecule has 1 aliphatic heterocycles. The van der Waals surface area contributed by atoms with Gasteiger partial charge in [-0.05, 0) is 89.9 Å². The molecular weight excluding hydrogens is 931 g/mol. The van der Waals surface area contributed by atoms with Gasteiger partial charge in [0, 0.05) is 6.42 Å². The van der Waals surface area contributed by atoms with Gasteiger partial charge in [0.15, 0.2) is 12.4 Å². The predicted molar refractivity (Wildman–Crippen MR) is 306 cm³/mol. The highest BCUT2D eigenvalue weighted by atomic mass is 16.7. The summed E-state index contributed by atoms with van der Waals surface area (Å²) in [6.45, 7) is 5.63. The van der Waals surface area contributed by atoms with Gasteiger partial charge in [0.1, 0.15) is 24.4 Å². The molecule has 0 aliphatic carbocycles. The van der Waals surface area contributed by atoms with Crippen LogP contribution in [0.15, 0.2) is 72.9 Å². The van der Waals surface area contributed by atoms with E-state index < -0.39 is 67.4 Å². The number of amides is 1. The molecular formula is C63H111NO10. The van der Waals surface area contributed by atoms with Gasteiger partial charge in [-0.15, -0.1) is 0 Å². The molecule has 11 nitrogen and oxygen atoms in total. The fraction of sp³-hybridized carbons (Fsp3) is 0.778. The Kier molecular flexibility index (Phi) is 47.5. The van der Waals surface area contributed by atoms with E-state index >= 15 is 0 Å². The SMILES string of the molecule is CC/C=C/C/C=C/CCCCCCCCCC(=O)OC1C(OCC(NC(=O)C(O)CCCCCCCCC/C=C\C/C=C\C/C=C\CCCCC)C(O)/C=C/CCCCCCCCCCC)OC(CO)C(O)C1O. The Morgan fingerprint density at radius 1 is 0.541 bits per heavy atom. The zero-order valence-corrected chi connectivity index (χ0v) is 47.2. The van der Waals surface area contributed by atoms with Crippen molar-refractivity contribution < 1.29 is 49.3 Å². The highest BCUT2D eigenvalue weighted by Gasteiger charge is 2.47. The van der Waals surface area contributed by atoms with Gasteiger partial charge in [-0.1, -0.05) is 229 Å². The van der Waals surface area contributed by atoms with Crippen molar-refractivity contribution in [3.63, 3.8) is 0 Å². The van der Waals surface area contributed by atoms with E-state index in [9.17, 15) is 35.1 Å². The quantitative estimate of drug-likeness (QED) is 0.0195. The summed E-state index contributed by atoms with van der Waals surface area (Å²) in [4.78, 5) is 26.5. The standard InChI is InChI=1S/C63H111NO10/c1-4-7-10-13-16-19-22-24-26-27-28-29-30-31-32-35-38-41-44-47-50-56(67)62(71)64-54(55(66)49-46-43-40-37-34-21-18-15-12-9-6-3)53-72-63-61(60(70)59(69)57(52-65)73-63)74-58(68)51-48-45-42-39-36-33-25-23-20-17-14-11-8-5-2/h8,11,16-17,19-20,24,26,28-29,46,49,54-57,59-61,63,65-67,69-70H,4-7,9-10,12-15,18,21-23,25,27,30-45,47-48,50-53H2,1-3H3,(H,64,71)/b11-8+,19-16-,20-17+,26-24-,29-28-,49-46+. The van der Waals surface area contributed by atoms with Gasteiger partial charge in [-0.25, -0.2) is 0 Å². The first-order valence-electron chi connectivity index (χ1n) is 30.2. The number of hydrogen-bond acceptors (Lipinski definition) is 10. The van der Waals surface area contributed by atoms with Crippen molar-refractivity contribution in [3.05, 3.63) is 72.9 Å². The topological polar surface area (TPSA) is 175 Å². The number of carbonyl (C=O) groups excluding carboxylic acids is 2. The Bertz CT molecular complexity index is 1480. The molecule has 6 N–H and O–H groups in total. The van der Waals surface area contributed by atoms with Crippen LogP contribution in [0.25, 0.3) is 0 Å². The molecule has 1 rings (SSSR count). The second kappa shape index (κ2) is 50.9. The molecule has 8 atom stereocenters. The van der Waals surface area contributed by atoms with Crippen molar-refractivity contribution >= 4 is 11.9 Å². The second-order valence-electron chi connectivity index (χ2n) is 20.7. The normalized spacial score (nSPS) is 19.8. The van der Waals surface area contributed by atoms with E-state index in [0.29, 0.717) is 12.8 Å². The first-order valence-corrected chi connectivity index (χ1v) is 30.2. The van der Waals surface area contributed by atoms with Crippen molar-refractivity contribution in [3.8, 4) is 0 Å². The highest BCUT2D eigenvalue weighted by Crippen LogP contribution is 2.26. The molecule has 1 aliphatic rings. The summed E-state index contributed by atoms with van der Waals surface area (Å²) in [6.07, 6.45) is 53.7. The Labute approximate surface area is 451 Å². The number of ether oxygens (including phenoxy) is 3. The fourth-order valence-corrected chi connectivity index (χ4v) is 9.05. The summed E-state index contributed by atoms with van der Waals surface area (Å²) in [5.74, 6) is -1.21. The Balaban J connectivity index is 2.68. The monoisotopic (exact) mass is 1040 g/mol. The molecule has 74 heavy (non-hydrogen) atoms. The number of esters is 1. The van der Waals surface area contributed by atoms with E-state index in [1.165, 1.54) is 96.3 Å². The van der Waals surface area contributed by atoms with Crippen molar-refractivity contribution in [1.29, 1.82) is 0 Å². The van der Waals surface area contributed by atoms with Gasteiger partial charge < -0.3 is 45.1 Å². The maximum atomic E-state index is 13.4. The zero-order chi connectivity index (χ0) is 54.0. The van der Waals surface area contributed by atoms with Gasteiger partial charge in [-0.2, -0.15) is 0 Å². The summed E-state index contributed by atoms with van der Waals surface area (Å²) < 4.78 is 17.6. The van der Waals surface area contributed by atoms with Crippen molar-refractivity contribution in [2.75, 3.05) is 13.2 Å². The Morgan fingerprint density at radius 3 is 1.49 bits per heavy atom. The largest absolute Gasteiger partial charge is 0.454 e. The van der Waals surface area contributed by atoms with Gasteiger partial charge >= 0.3 is 5.97 Å². The predicted octanol–water partition coefficient (Wildman–Crippen LogP) is 14.0. The van der Waals surface area contributed by atoms with Crippen LogP contribution in [0.5, 0.6) is 0 Å². The van der Waals surface area contributed by atoms with Gasteiger partial charge in [0.25, 0.3) is 0 Å². The maximum absolute atomic E-state index is 13.4. The van der Waals surface area contributed by atoms with E-state index in [4.69, 9.17) is 14.2 Å². The third kappa shape index (κ3) is 38.6. The van der Waals surface area contributed by atoms with Crippen LogP contribution in [0.2, 0.25) is 0 Å². The first kappa shape index (κ1) is 69.1. The second-order valence-corrected chi connectivity index (χ2v) is 20.7. The summed E-state index contributed by atoms with van der Waals surface area (Å²) in [5.41, 5.74) is 0. The summed E-state index contributed by atoms with van der Waals surface area (Å²) >= 11 is 0. The number of unbranched alkanes of at least 4 members (excludes halogenated alkanes) is 26. The van der Waals surface area contributed by atoms with E-state index in [1.807, 2.05) is 6.08 Å². The fourth-order valence-electron chi connectivity index (χ4n) is 9.05. The molecule has 1 heterocycles. The molecule has 0 spiro atoms. The number of nitrogens with one attached hydrogen (secondary N) is 1. The smallest absolute Gasteiger partial charge is 0.306 e. The first-order chi connectivity index (χ1) is 36.2. The lowest BCUT2D eigenvalue weighted by Gasteiger charge is -2.41. The lowest BCUT2D eigenvalue weighted by molar-refractivity contribution is -0.305. The third-order valence-electron chi connectivity index (χ3n) is 13.8. The van der Waals surface area contributed by atoms with Gasteiger partial charge in [0.2, 0.25) is 5.91 Å². The molecule has 1 saturated heterocycles. The van der Waals surface area contributed by atoms with Gasteiger partial charge in [-0.3, -0.25) is 9.59 Å². The molecule has 11 heteroatoms. The molecule has 0 aromatic carbocycles. The number of allylic oxidation sites excluding steroid dienone is 11. The van der Waals surface area contributed by atoms with Crippen LogP contribution in [-0.4, -0.2) is 99.6 Å². The van der Waals surface area contributed by atoms with E-state index in [-0.39, 0.29) is 19.4 Å². The van der Waals surface area contributed by atoms with Gasteiger partial charge in [0.05, 0.1) is 25.4 Å². The third-order valence-corrected chi connectivity index (χ3v) is 13.8. The van der Waals surface area contributed by atoms with Crippen LogP contribution in [0.4, 0.5) is 0 Å². The zero-order valence-electron chi connectivity index (χ0n) is 47.2. The number of hydrogen-bond donors (Lipinski definition) is 6. The molecule has 0 radical (unpaired) electrons. The molecule has 428 valence electrons. The van der Waals surface area contributed by atoms with Crippen LogP contribution >= 0.6 is 0 Å². The minimum absolute atomic E-state index is 0.111. The van der Waals surface area contributed by atoms with Crippen LogP contribution in [0.1, 0.15) is 252 Å². The van der Waals surface area contributed by atoms with Crippen molar-refractivity contribution in [1.82, 2.24) is 5.32 Å². The molecule has 0 aromatic heterocycles. The van der Waals surface area contributed by atoms with E-state index in [1.54, 1.807) is 6.08 Å². The van der Waals surface area contributed by atoms with Crippen LogP contribution in [0, 0.1) is 0 Å². The molecule has 0 saturated carbocycles. The molecule has 8 unspecified atom stereocenters. The lowest BCUT2D eigenvalue weighted by atomic mass is 9.99.